The van der Waals surface area contributed by atoms with Gasteiger partial charge in [-0.05, 0) is 23.1 Å². The zero-order valence-corrected chi connectivity index (χ0v) is 14.4. The highest BCUT2D eigenvalue weighted by Gasteiger charge is 2.33. The van der Waals surface area contributed by atoms with E-state index in [1.54, 1.807) is 6.07 Å². The van der Waals surface area contributed by atoms with Crippen molar-refractivity contribution in [2.24, 2.45) is 0 Å². The van der Waals surface area contributed by atoms with E-state index in [4.69, 9.17) is 0 Å². The van der Waals surface area contributed by atoms with Crippen molar-refractivity contribution in [3.8, 4) is 5.75 Å². The van der Waals surface area contributed by atoms with Gasteiger partial charge >= 0.3 is 0 Å². The zero-order valence-electron chi connectivity index (χ0n) is 13.5. The average molecular weight is 329 g/mol. The highest BCUT2D eigenvalue weighted by molar-refractivity contribution is 7.80. The number of thiol groups is 1. The second-order valence-electron chi connectivity index (χ2n) is 6.22. The minimum absolute atomic E-state index is 0.152. The number of anilines is 1. The number of hydrogen-bond acceptors (Lipinski definition) is 3. The minimum atomic E-state index is 0.152. The van der Waals surface area contributed by atoms with Crippen LogP contribution in [-0.2, 0) is 4.79 Å². The van der Waals surface area contributed by atoms with Crippen molar-refractivity contribution < 1.29 is 9.90 Å². The van der Waals surface area contributed by atoms with E-state index in [-0.39, 0.29) is 17.6 Å². The predicted molar refractivity (Wildman–Crippen MR) is 98.7 cm³/mol. The molecule has 1 atom stereocenters. The lowest BCUT2D eigenvalue weighted by Gasteiger charge is -2.18. The number of carbonyl (C=O) groups is 1. The number of unbranched alkanes of at least 4 members (excludes halogenated alkanes) is 2. The Morgan fingerprint density at radius 3 is 2.74 bits per heavy atom. The summed E-state index contributed by atoms with van der Waals surface area (Å²) in [5, 5.41) is 12.2. The molecule has 122 valence electrons. The number of amides is 1. The predicted octanol–water partition coefficient (Wildman–Crippen LogP) is 4.49. The zero-order chi connectivity index (χ0) is 16.4. The lowest BCUT2D eigenvalue weighted by molar-refractivity contribution is -0.118. The van der Waals surface area contributed by atoms with Gasteiger partial charge in [0.15, 0.2) is 0 Å². The molecule has 0 fully saturated rings. The maximum Gasteiger partial charge on any atom is 0.227 e. The van der Waals surface area contributed by atoms with Gasteiger partial charge in [-0.3, -0.25) is 4.79 Å². The van der Waals surface area contributed by atoms with Crippen LogP contribution in [0.15, 0.2) is 30.3 Å². The fourth-order valence-electron chi connectivity index (χ4n) is 3.47. The normalized spacial score (nSPS) is 16.8. The number of benzene rings is 2. The van der Waals surface area contributed by atoms with Gasteiger partial charge < -0.3 is 10.0 Å². The van der Waals surface area contributed by atoms with Gasteiger partial charge in [-0.25, -0.2) is 0 Å². The van der Waals surface area contributed by atoms with Crippen molar-refractivity contribution in [2.75, 3.05) is 17.2 Å². The Morgan fingerprint density at radius 1 is 1.30 bits per heavy atom. The summed E-state index contributed by atoms with van der Waals surface area (Å²) in [6.07, 6.45) is 3.67. The number of nitrogens with zero attached hydrogens (tertiary/aromatic N) is 1. The molecule has 1 heterocycles. The van der Waals surface area contributed by atoms with Crippen molar-refractivity contribution in [3.63, 3.8) is 0 Å². The van der Waals surface area contributed by atoms with Gasteiger partial charge in [0.2, 0.25) is 5.91 Å². The summed E-state index contributed by atoms with van der Waals surface area (Å²) < 4.78 is 0. The molecule has 1 aliphatic heterocycles. The molecule has 0 unspecified atom stereocenters. The van der Waals surface area contributed by atoms with Crippen LogP contribution < -0.4 is 4.90 Å². The molecule has 0 saturated carbocycles. The Balaban J connectivity index is 2.02. The number of aromatic hydroxyl groups is 1. The fraction of sp³-hybridized carbons (Fsp3) is 0.421. The van der Waals surface area contributed by atoms with Crippen LogP contribution in [-0.4, -0.2) is 23.3 Å². The molecule has 0 bridgehead atoms. The van der Waals surface area contributed by atoms with Gasteiger partial charge in [-0.15, -0.1) is 0 Å². The molecule has 1 aliphatic rings. The largest absolute Gasteiger partial charge is 0.507 e. The summed E-state index contributed by atoms with van der Waals surface area (Å²) in [7, 11) is 0. The van der Waals surface area contributed by atoms with Crippen molar-refractivity contribution in [1.82, 2.24) is 0 Å². The number of phenolic OH excluding ortho intramolecular Hbond substituents is 1. The Bertz CT molecular complexity index is 729. The maximum absolute atomic E-state index is 12.6. The van der Waals surface area contributed by atoms with Crippen LogP contribution >= 0.6 is 12.6 Å². The van der Waals surface area contributed by atoms with Crippen LogP contribution in [0.2, 0.25) is 0 Å². The van der Waals surface area contributed by atoms with Crippen LogP contribution in [0, 0.1) is 0 Å². The third-order valence-electron chi connectivity index (χ3n) is 4.66. The second-order valence-corrected chi connectivity index (χ2v) is 6.58. The lowest BCUT2D eigenvalue weighted by Crippen LogP contribution is -2.29. The lowest BCUT2D eigenvalue weighted by atomic mass is 9.95. The Hall–Kier alpha value is -1.68. The van der Waals surface area contributed by atoms with Crippen molar-refractivity contribution >= 4 is 35.0 Å². The number of rotatable bonds is 5. The van der Waals surface area contributed by atoms with Crippen LogP contribution in [0.1, 0.15) is 44.1 Å². The summed E-state index contributed by atoms with van der Waals surface area (Å²) in [6.45, 7) is 2.80. The standard InChI is InChI=1S/C19H23NO2S/c1-2-3-4-9-18(22)20-11-13(12-23)19-15-8-6-5-7-14(15)17(21)10-16(19)20/h5-8,10,13,21,23H,2-4,9,11-12H2,1H3/t13-/m0/s1. The molecule has 0 radical (unpaired) electrons. The molecule has 1 amide bonds. The first-order chi connectivity index (χ1) is 11.2. The molecule has 3 nitrogen and oxygen atoms in total. The van der Waals surface area contributed by atoms with Crippen LogP contribution in [0.25, 0.3) is 10.8 Å². The molecular formula is C19H23NO2S. The monoisotopic (exact) mass is 329 g/mol. The molecule has 3 rings (SSSR count). The van der Waals surface area contributed by atoms with E-state index in [1.165, 1.54) is 0 Å². The highest BCUT2D eigenvalue weighted by atomic mass is 32.1. The average Bonchev–Trinajstić information content (AvgIpc) is 2.94. The third kappa shape index (κ3) is 2.92. The molecule has 2 aromatic rings. The Kier molecular flexibility index (Phi) is 4.81. The first-order valence-corrected chi connectivity index (χ1v) is 8.96. The number of fused-ring (bicyclic) bond motifs is 3. The van der Waals surface area contributed by atoms with E-state index < -0.39 is 0 Å². The molecular weight excluding hydrogens is 306 g/mol. The summed E-state index contributed by atoms with van der Waals surface area (Å²) in [6, 6.07) is 9.59. The summed E-state index contributed by atoms with van der Waals surface area (Å²) >= 11 is 4.49. The topological polar surface area (TPSA) is 40.5 Å². The Labute approximate surface area is 142 Å². The maximum atomic E-state index is 12.6. The van der Waals surface area contributed by atoms with Gasteiger partial charge in [0.1, 0.15) is 5.75 Å². The van der Waals surface area contributed by atoms with E-state index in [0.717, 1.165) is 41.3 Å². The van der Waals surface area contributed by atoms with E-state index in [9.17, 15) is 9.90 Å². The first-order valence-electron chi connectivity index (χ1n) is 8.33. The number of hydrogen-bond donors (Lipinski definition) is 2. The molecule has 0 aliphatic carbocycles. The van der Waals surface area contributed by atoms with Crippen LogP contribution in [0.5, 0.6) is 5.75 Å². The Morgan fingerprint density at radius 2 is 2.04 bits per heavy atom. The van der Waals surface area contributed by atoms with Crippen molar-refractivity contribution in [2.45, 2.75) is 38.5 Å². The van der Waals surface area contributed by atoms with Crippen molar-refractivity contribution in [3.05, 3.63) is 35.9 Å². The van der Waals surface area contributed by atoms with E-state index in [2.05, 4.69) is 19.6 Å². The van der Waals surface area contributed by atoms with Crippen LogP contribution in [0.4, 0.5) is 5.69 Å². The molecule has 0 saturated heterocycles. The highest BCUT2D eigenvalue weighted by Crippen LogP contribution is 2.45. The van der Waals surface area contributed by atoms with E-state index in [0.29, 0.717) is 18.7 Å². The first kappa shape index (κ1) is 16.2. The molecule has 2 aromatic carbocycles. The smallest absolute Gasteiger partial charge is 0.227 e. The molecule has 23 heavy (non-hydrogen) atoms. The van der Waals surface area contributed by atoms with E-state index in [1.807, 2.05) is 29.2 Å². The van der Waals surface area contributed by atoms with Crippen molar-refractivity contribution in [1.29, 1.82) is 0 Å². The quantitative estimate of drug-likeness (QED) is 0.627. The van der Waals surface area contributed by atoms with E-state index >= 15 is 0 Å². The molecule has 0 spiro atoms. The van der Waals surface area contributed by atoms with Gasteiger partial charge in [0, 0.05) is 30.3 Å². The van der Waals surface area contributed by atoms with Gasteiger partial charge in [0.05, 0.1) is 5.69 Å². The third-order valence-corrected chi connectivity index (χ3v) is 5.10. The minimum Gasteiger partial charge on any atom is -0.507 e. The molecule has 0 aromatic heterocycles. The summed E-state index contributed by atoms with van der Waals surface area (Å²) in [5.41, 5.74) is 2.01. The van der Waals surface area contributed by atoms with Crippen LogP contribution in [0.3, 0.4) is 0 Å². The summed E-state index contributed by atoms with van der Waals surface area (Å²) in [5.74, 6) is 1.30. The van der Waals surface area contributed by atoms with Gasteiger partial charge in [-0.1, -0.05) is 44.0 Å². The number of phenols is 1. The molecule has 4 heteroatoms. The summed E-state index contributed by atoms with van der Waals surface area (Å²) in [4.78, 5) is 14.5. The van der Waals surface area contributed by atoms with Gasteiger partial charge in [0.25, 0.3) is 0 Å². The van der Waals surface area contributed by atoms with Gasteiger partial charge in [-0.2, -0.15) is 12.6 Å². The fourth-order valence-corrected chi connectivity index (χ4v) is 3.77. The molecule has 1 N–H and O–H groups in total. The number of carbonyl (C=O) groups excluding carboxylic acids is 1. The SMILES string of the molecule is CCCCCC(=O)N1C[C@@H](CS)c2c1cc(O)c1ccccc21. The second kappa shape index (κ2) is 6.83.